The number of carbonyl (C=O) groups is 1. The maximum absolute atomic E-state index is 12.0. The van der Waals surface area contributed by atoms with E-state index in [2.05, 4.69) is 4.98 Å². The van der Waals surface area contributed by atoms with Gasteiger partial charge in [-0.15, -0.1) is 0 Å². The summed E-state index contributed by atoms with van der Waals surface area (Å²) in [4.78, 5) is 15.8. The first-order chi connectivity index (χ1) is 9.63. The second kappa shape index (κ2) is 5.89. The van der Waals surface area contributed by atoms with E-state index in [4.69, 9.17) is 15.7 Å². The number of hydrogen-bond donors (Lipinski definition) is 1. The topological polar surface area (TPSA) is 93.9 Å². The van der Waals surface area contributed by atoms with E-state index in [0.29, 0.717) is 29.2 Å². The molecule has 2 heterocycles. The lowest BCUT2D eigenvalue weighted by molar-refractivity contribution is 0.0460. The molecule has 0 saturated carbocycles. The molecule has 0 unspecified atom stereocenters. The van der Waals surface area contributed by atoms with Crippen molar-refractivity contribution in [3.05, 3.63) is 47.5 Å². The maximum atomic E-state index is 12.0. The first-order valence-electron chi connectivity index (χ1n) is 6.12. The molecule has 0 bridgehead atoms. The number of ether oxygens (including phenoxy) is 1. The Morgan fingerprint density at radius 1 is 1.55 bits per heavy atom. The highest BCUT2D eigenvalue weighted by atomic mass is 16.5. The summed E-state index contributed by atoms with van der Waals surface area (Å²) < 4.78 is 6.94. The fourth-order valence-electron chi connectivity index (χ4n) is 1.81. The Kier molecular flexibility index (Phi) is 4.01. The molecule has 102 valence electrons. The van der Waals surface area contributed by atoms with E-state index in [1.807, 2.05) is 13.0 Å². The van der Waals surface area contributed by atoms with Gasteiger partial charge in [-0.1, -0.05) is 0 Å². The number of carbonyl (C=O) groups excluding carboxylic acids is 1. The highest BCUT2D eigenvalue weighted by Gasteiger charge is 2.13. The van der Waals surface area contributed by atoms with Crippen molar-refractivity contribution in [2.24, 2.45) is 0 Å². The normalized spacial score (nSPS) is 10.0. The Bertz CT molecular complexity index is 670. The monoisotopic (exact) mass is 270 g/mol. The van der Waals surface area contributed by atoms with Crippen molar-refractivity contribution in [2.75, 3.05) is 5.73 Å². The van der Waals surface area contributed by atoms with Crippen molar-refractivity contribution in [2.45, 2.75) is 20.1 Å². The molecule has 2 aromatic rings. The average Bonchev–Trinajstić information content (AvgIpc) is 2.86. The van der Waals surface area contributed by atoms with Crippen molar-refractivity contribution in [1.29, 1.82) is 5.26 Å². The van der Waals surface area contributed by atoms with E-state index in [9.17, 15) is 4.79 Å². The molecule has 20 heavy (non-hydrogen) atoms. The molecule has 2 N–H and O–H groups in total. The fraction of sp³-hybridized carbons (Fsp3) is 0.214. The molecule has 0 aliphatic heterocycles. The van der Waals surface area contributed by atoms with Gasteiger partial charge >= 0.3 is 5.97 Å². The summed E-state index contributed by atoms with van der Waals surface area (Å²) in [5, 5.41) is 8.75. The lowest BCUT2D eigenvalue weighted by Gasteiger charge is -2.07. The van der Waals surface area contributed by atoms with E-state index in [1.165, 1.54) is 6.20 Å². The van der Waals surface area contributed by atoms with Gasteiger partial charge < -0.3 is 15.0 Å². The minimum Gasteiger partial charge on any atom is -0.456 e. The van der Waals surface area contributed by atoms with E-state index >= 15 is 0 Å². The average molecular weight is 270 g/mol. The minimum absolute atomic E-state index is 0.0881. The van der Waals surface area contributed by atoms with Crippen molar-refractivity contribution < 1.29 is 9.53 Å². The van der Waals surface area contributed by atoms with Gasteiger partial charge in [-0.25, -0.2) is 9.78 Å². The van der Waals surface area contributed by atoms with Crippen molar-refractivity contribution in [1.82, 2.24) is 9.55 Å². The molecule has 0 saturated heterocycles. The fourth-order valence-corrected chi connectivity index (χ4v) is 1.81. The van der Waals surface area contributed by atoms with Gasteiger partial charge in [0, 0.05) is 18.9 Å². The van der Waals surface area contributed by atoms with Gasteiger partial charge in [0.1, 0.15) is 24.1 Å². The number of nitrogens with zero attached hydrogens (tertiary/aromatic N) is 3. The van der Waals surface area contributed by atoms with Crippen LogP contribution in [0.2, 0.25) is 0 Å². The van der Waals surface area contributed by atoms with Crippen LogP contribution in [0.1, 0.15) is 28.7 Å². The molecule has 2 rings (SSSR count). The van der Waals surface area contributed by atoms with E-state index in [-0.39, 0.29) is 6.61 Å². The molecule has 2 aromatic heterocycles. The lowest BCUT2D eigenvalue weighted by Crippen LogP contribution is -2.11. The number of nitrogens with two attached hydrogens (primary N) is 1. The van der Waals surface area contributed by atoms with Crippen LogP contribution >= 0.6 is 0 Å². The number of anilines is 1. The van der Waals surface area contributed by atoms with Crippen LogP contribution in [0.4, 0.5) is 5.69 Å². The summed E-state index contributed by atoms with van der Waals surface area (Å²) in [6, 6.07) is 6.80. The zero-order valence-electron chi connectivity index (χ0n) is 11.0. The van der Waals surface area contributed by atoms with Gasteiger partial charge in [-0.05, 0) is 30.7 Å². The van der Waals surface area contributed by atoms with Crippen LogP contribution in [0.3, 0.4) is 0 Å². The minimum atomic E-state index is -0.445. The lowest BCUT2D eigenvalue weighted by atomic mass is 10.2. The smallest absolute Gasteiger partial charge is 0.355 e. The summed E-state index contributed by atoms with van der Waals surface area (Å²) >= 11 is 0. The number of rotatable bonds is 4. The molecule has 0 spiro atoms. The van der Waals surface area contributed by atoms with E-state index in [1.54, 1.807) is 29.0 Å². The van der Waals surface area contributed by atoms with Gasteiger partial charge in [0.25, 0.3) is 0 Å². The summed E-state index contributed by atoms with van der Waals surface area (Å²) in [5.41, 5.74) is 7.61. The molecule has 0 aliphatic rings. The summed E-state index contributed by atoms with van der Waals surface area (Å²) in [7, 11) is 0. The Balaban J connectivity index is 2.06. The standard InChI is InChI=1S/C14H14N4O2/c1-2-18-8-11(16)6-13(18)14(19)20-9-10-3-4-17-12(5-10)7-15/h3-6,8H,2,9,16H2,1H3. The summed E-state index contributed by atoms with van der Waals surface area (Å²) in [6.07, 6.45) is 3.20. The van der Waals surface area contributed by atoms with Crippen LogP contribution in [0.5, 0.6) is 0 Å². The van der Waals surface area contributed by atoms with E-state index in [0.717, 1.165) is 0 Å². The van der Waals surface area contributed by atoms with Gasteiger partial charge in [0.05, 0.1) is 5.69 Å². The highest BCUT2D eigenvalue weighted by Crippen LogP contribution is 2.13. The van der Waals surface area contributed by atoms with Crippen molar-refractivity contribution in [3.8, 4) is 6.07 Å². The quantitative estimate of drug-likeness (QED) is 0.853. The van der Waals surface area contributed by atoms with Crippen molar-refractivity contribution >= 4 is 11.7 Å². The number of aromatic nitrogens is 2. The third-order valence-corrected chi connectivity index (χ3v) is 2.78. The molecular formula is C14H14N4O2. The first-order valence-corrected chi connectivity index (χ1v) is 6.12. The van der Waals surface area contributed by atoms with Crippen molar-refractivity contribution in [3.63, 3.8) is 0 Å². The van der Waals surface area contributed by atoms with Gasteiger partial charge in [0.2, 0.25) is 0 Å². The third-order valence-electron chi connectivity index (χ3n) is 2.78. The Hall–Kier alpha value is -2.81. The number of esters is 1. The SMILES string of the molecule is CCn1cc(N)cc1C(=O)OCc1ccnc(C#N)c1. The number of nitriles is 1. The second-order valence-corrected chi connectivity index (χ2v) is 4.18. The Labute approximate surface area is 116 Å². The van der Waals surface area contributed by atoms with Crippen LogP contribution in [0, 0.1) is 11.3 Å². The number of nitrogen functional groups attached to an aromatic ring is 1. The number of aryl methyl sites for hydroxylation is 1. The zero-order valence-corrected chi connectivity index (χ0v) is 11.0. The molecule has 0 amide bonds. The summed E-state index contributed by atoms with van der Waals surface area (Å²) in [6.45, 7) is 2.64. The van der Waals surface area contributed by atoms with Crippen LogP contribution in [0.15, 0.2) is 30.6 Å². The predicted molar refractivity (Wildman–Crippen MR) is 72.6 cm³/mol. The maximum Gasteiger partial charge on any atom is 0.355 e. The van der Waals surface area contributed by atoms with Crippen LogP contribution in [0.25, 0.3) is 0 Å². The molecular weight excluding hydrogens is 256 g/mol. The molecule has 0 aliphatic carbocycles. The van der Waals surface area contributed by atoms with Gasteiger partial charge in [-0.2, -0.15) is 5.26 Å². The summed E-state index contributed by atoms with van der Waals surface area (Å²) in [5.74, 6) is -0.445. The second-order valence-electron chi connectivity index (χ2n) is 4.18. The molecule has 0 aromatic carbocycles. The largest absolute Gasteiger partial charge is 0.456 e. The first kappa shape index (κ1) is 13.6. The van der Waals surface area contributed by atoms with E-state index < -0.39 is 5.97 Å². The van der Waals surface area contributed by atoms with Crippen LogP contribution in [-0.2, 0) is 17.9 Å². The molecule has 6 nitrogen and oxygen atoms in total. The van der Waals surface area contributed by atoms with Crippen LogP contribution < -0.4 is 5.73 Å². The zero-order chi connectivity index (χ0) is 14.5. The third kappa shape index (κ3) is 2.95. The molecule has 0 fully saturated rings. The van der Waals surface area contributed by atoms with Crippen LogP contribution in [-0.4, -0.2) is 15.5 Å². The Morgan fingerprint density at radius 3 is 3.05 bits per heavy atom. The molecule has 0 atom stereocenters. The Morgan fingerprint density at radius 2 is 2.35 bits per heavy atom. The number of hydrogen-bond acceptors (Lipinski definition) is 5. The van der Waals surface area contributed by atoms with Gasteiger partial charge in [0.15, 0.2) is 0 Å². The molecule has 0 radical (unpaired) electrons. The highest BCUT2D eigenvalue weighted by molar-refractivity contribution is 5.89. The predicted octanol–water partition coefficient (Wildman–Crippen LogP) is 1.71. The molecule has 6 heteroatoms. The number of pyridine rings is 1. The van der Waals surface area contributed by atoms with Gasteiger partial charge in [-0.3, -0.25) is 0 Å².